The molecule has 110 valence electrons. The number of amides is 1. The molecular formula is C16H16FNO3. The van der Waals surface area contributed by atoms with Gasteiger partial charge in [0.1, 0.15) is 12.4 Å². The van der Waals surface area contributed by atoms with Crippen molar-refractivity contribution in [2.45, 2.75) is 6.61 Å². The first-order valence-electron chi connectivity index (χ1n) is 6.42. The molecule has 5 heteroatoms. The summed E-state index contributed by atoms with van der Waals surface area (Å²) in [5, 5.41) is 2.55. The number of para-hydroxylation sites is 1. The van der Waals surface area contributed by atoms with Crippen LogP contribution in [0.15, 0.2) is 42.5 Å². The van der Waals surface area contributed by atoms with Crippen molar-refractivity contribution < 1.29 is 18.7 Å². The van der Waals surface area contributed by atoms with E-state index in [1.807, 2.05) is 0 Å². The van der Waals surface area contributed by atoms with Gasteiger partial charge in [0.2, 0.25) is 0 Å². The number of rotatable bonds is 5. The van der Waals surface area contributed by atoms with E-state index in [-0.39, 0.29) is 18.3 Å². The number of nitrogens with one attached hydrogen (secondary N) is 1. The Kier molecular flexibility index (Phi) is 4.77. The van der Waals surface area contributed by atoms with Crippen LogP contribution in [0.2, 0.25) is 0 Å². The van der Waals surface area contributed by atoms with Crippen LogP contribution in [0.1, 0.15) is 15.9 Å². The molecule has 2 aromatic rings. The molecule has 0 bridgehead atoms. The Morgan fingerprint density at radius 2 is 1.95 bits per heavy atom. The molecular weight excluding hydrogens is 273 g/mol. The minimum absolute atomic E-state index is 0.162. The lowest BCUT2D eigenvalue weighted by atomic mass is 10.2. The Hall–Kier alpha value is -2.56. The molecule has 0 atom stereocenters. The standard InChI is InChI=1S/C16H16FNO3/c1-18-16(19)12-5-3-4-6-14(12)21-10-11-7-8-15(20-2)13(17)9-11/h3-9H,10H2,1-2H3,(H,18,19). The second-order valence-corrected chi connectivity index (χ2v) is 4.33. The monoisotopic (exact) mass is 289 g/mol. The fraction of sp³-hybridized carbons (Fsp3) is 0.188. The van der Waals surface area contributed by atoms with Crippen LogP contribution in [-0.2, 0) is 6.61 Å². The summed E-state index contributed by atoms with van der Waals surface area (Å²) >= 11 is 0. The Morgan fingerprint density at radius 3 is 2.62 bits per heavy atom. The zero-order valence-electron chi connectivity index (χ0n) is 11.9. The summed E-state index contributed by atoms with van der Waals surface area (Å²) in [5.41, 5.74) is 1.09. The molecule has 21 heavy (non-hydrogen) atoms. The molecule has 0 aliphatic carbocycles. The molecule has 0 spiro atoms. The molecule has 2 aromatic carbocycles. The molecule has 4 nitrogen and oxygen atoms in total. The first kappa shape index (κ1) is 14.8. The maximum absolute atomic E-state index is 13.6. The molecule has 0 aromatic heterocycles. The summed E-state index contributed by atoms with van der Waals surface area (Å²) in [5.74, 6) is -0.0396. The van der Waals surface area contributed by atoms with Gasteiger partial charge in [-0.05, 0) is 29.8 Å². The van der Waals surface area contributed by atoms with Gasteiger partial charge in [0.15, 0.2) is 11.6 Å². The third kappa shape index (κ3) is 3.51. The topological polar surface area (TPSA) is 47.6 Å². The van der Waals surface area contributed by atoms with Gasteiger partial charge in [0.25, 0.3) is 5.91 Å². The third-order valence-corrected chi connectivity index (χ3v) is 2.97. The van der Waals surface area contributed by atoms with E-state index in [1.165, 1.54) is 13.2 Å². The van der Waals surface area contributed by atoms with Crippen molar-refractivity contribution in [2.75, 3.05) is 14.2 Å². The molecule has 0 radical (unpaired) electrons. The van der Waals surface area contributed by atoms with E-state index in [9.17, 15) is 9.18 Å². The van der Waals surface area contributed by atoms with Crippen LogP contribution in [0, 0.1) is 5.82 Å². The van der Waals surface area contributed by atoms with Crippen molar-refractivity contribution >= 4 is 5.91 Å². The third-order valence-electron chi connectivity index (χ3n) is 2.97. The Morgan fingerprint density at radius 1 is 1.19 bits per heavy atom. The molecule has 0 fully saturated rings. The molecule has 0 saturated heterocycles. The highest BCUT2D eigenvalue weighted by Gasteiger charge is 2.11. The predicted molar refractivity (Wildman–Crippen MR) is 77.1 cm³/mol. The second kappa shape index (κ2) is 6.74. The van der Waals surface area contributed by atoms with Gasteiger partial charge in [-0.1, -0.05) is 18.2 Å². The fourth-order valence-electron chi connectivity index (χ4n) is 1.88. The zero-order chi connectivity index (χ0) is 15.2. The van der Waals surface area contributed by atoms with Crippen molar-refractivity contribution in [3.05, 3.63) is 59.4 Å². The van der Waals surface area contributed by atoms with Crippen LogP contribution >= 0.6 is 0 Å². The molecule has 0 aliphatic heterocycles. The zero-order valence-corrected chi connectivity index (χ0v) is 11.9. The minimum Gasteiger partial charge on any atom is -0.494 e. The SMILES string of the molecule is CNC(=O)c1ccccc1OCc1ccc(OC)c(F)c1. The Labute approximate surface area is 122 Å². The lowest BCUT2D eigenvalue weighted by Gasteiger charge is -2.11. The van der Waals surface area contributed by atoms with Crippen LogP contribution in [0.3, 0.4) is 0 Å². The van der Waals surface area contributed by atoms with Crippen molar-refractivity contribution in [3.8, 4) is 11.5 Å². The number of ether oxygens (including phenoxy) is 2. The van der Waals surface area contributed by atoms with Gasteiger partial charge in [0, 0.05) is 7.05 Å². The number of benzene rings is 2. The molecule has 0 heterocycles. The van der Waals surface area contributed by atoms with E-state index in [0.717, 1.165) is 0 Å². The minimum atomic E-state index is -0.446. The molecule has 1 amide bonds. The molecule has 2 rings (SSSR count). The lowest BCUT2D eigenvalue weighted by molar-refractivity contribution is 0.0958. The number of methoxy groups -OCH3 is 1. The number of halogens is 1. The van der Waals surface area contributed by atoms with Crippen LogP contribution in [0.5, 0.6) is 11.5 Å². The fourth-order valence-corrected chi connectivity index (χ4v) is 1.88. The summed E-state index contributed by atoms with van der Waals surface area (Å²) in [4.78, 5) is 11.7. The number of hydrogen-bond acceptors (Lipinski definition) is 3. The summed E-state index contributed by atoms with van der Waals surface area (Å²) in [6.07, 6.45) is 0. The van der Waals surface area contributed by atoms with Gasteiger partial charge in [-0.15, -0.1) is 0 Å². The van der Waals surface area contributed by atoms with E-state index in [4.69, 9.17) is 9.47 Å². The normalized spacial score (nSPS) is 10.0. The molecule has 1 N–H and O–H groups in total. The summed E-state index contributed by atoms with van der Waals surface area (Å²) in [7, 11) is 2.96. The predicted octanol–water partition coefficient (Wildman–Crippen LogP) is 2.77. The molecule has 0 unspecified atom stereocenters. The highest BCUT2D eigenvalue weighted by Crippen LogP contribution is 2.21. The highest BCUT2D eigenvalue weighted by atomic mass is 19.1. The van der Waals surface area contributed by atoms with Crippen LogP contribution in [-0.4, -0.2) is 20.1 Å². The smallest absolute Gasteiger partial charge is 0.254 e. The van der Waals surface area contributed by atoms with Gasteiger partial charge in [-0.2, -0.15) is 0 Å². The van der Waals surface area contributed by atoms with Gasteiger partial charge in [0.05, 0.1) is 12.7 Å². The average molecular weight is 289 g/mol. The largest absolute Gasteiger partial charge is 0.494 e. The maximum Gasteiger partial charge on any atom is 0.254 e. The summed E-state index contributed by atoms with van der Waals surface area (Å²) in [6, 6.07) is 11.5. The molecule has 0 aliphatic rings. The quantitative estimate of drug-likeness (QED) is 0.920. The van der Waals surface area contributed by atoms with Crippen molar-refractivity contribution in [1.82, 2.24) is 5.32 Å². The molecule has 0 saturated carbocycles. The summed E-state index contributed by atoms with van der Waals surface area (Å²) in [6.45, 7) is 0.162. The van der Waals surface area contributed by atoms with Crippen molar-refractivity contribution in [1.29, 1.82) is 0 Å². The highest BCUT2D eigenvalue weighted by molar-refractivity contribution is 5.96. The van der Waals surface area contributed by atoms with Gasteiger partial charge in [-0.25, -0.2) is 4.39 Å². The van der Waals surface area contributed by atoms with Gasteiger partial charge < -0.3 is 14.8 Å². The first-order valence-corrected chi connectivity index (χ1v) is 6.42. The van der Waals surface area contributed by atoms with Crippen LogP contribution in [0.4, 0.5) is 4.39 Å². The van der Waals surface area contributed by atoms with E-state index >= 15 is 0 Å². The first-order chi connectivity index (χ1) is 10.2. The lowest BCUT2D eigenvalue weighted by Crippen LogP contribution is -2.18. The van der Waals surface area contributed by atoms with Gasteiger partial charge >= 0.3 is 0 Å². The Bertz CT molecular complexity index is 643. The van der Waals surface area contributed by atoms with E-state index < -0.39 is 5.82 Å². The summed E-state index contributed by atoms with van der Waals surface area (Å²) < 4.78 is 24.1. The van der Waals surface area contributed by atoms with Crippen molar-refractivity contribution in [3.63, 3.8) is 0 Å². The Balaban J connectivity index is 2.13. The number of hydrogen-bond donors (Lipinski definition) is 1. The van der Waals surface area contributed by atoms with E-state index in [0.29, 0.717) is 16.9 Å². The van der Waals surface area contributed by atoms with E-state index in [1.54, 1.807) is 43.4 Å². The van der Waals surface area contributed by atoms with E-state index in [2.05, 4.69) is 5.32 Å². The van der Waals surface area contributed by atoms with Crippen molar-refractivity contribution in [2.24, 2.45) is 0 Å². The number of carbonyl (C=O) groups excluding carboxylic acids is 1. The number of carbonyl (C=O) groups is 1. The second-order valence-electron chi connectivity index (χ2n) is 4.33. The van der Waals surface area contributed by atoms with Crippen LogP contribution < -0.4 is 14.8 Å². The van der Waals surface area contributed by atoms with Gasteiger partial charge in [-0.3, -0.25) is 4.79 Å². The maximum atomic E-state index is 13.6. The van der Waals surface area contributed by atoms with Crippen LogP contribution in [0.25, 0.3) is 0 Å². The average Bonchev–Trinajstić information content (AvgIpc) is 2.52.